The van der Waals surface area contributed by atoms with E-state index in [0.717, 1.165) is 69.4 Å². The van der Waals surface area contributed by atoms with Crippen LogP contribution in [0.3, 0.4) is 0 Å². The zero-order chi connectivity index (χ0) is 22.2. The van der Waals surface area contributed by atoms with E-state index in [1.165, 1.54) is 0 Å². The maximum Gasteiger partial charge on any atom is 0.410 e. The van der Waals surface area contributed by atoms with Gasteiger partial charge in [-0.05, 0) is 69.9 Å². The summed E-state index contributed by atoms with van der Waals surface area (Å²) in [7, 11) is 0. The number of anilines is 1. The zero-order valence-corrected chi connectivity index (χ0v) is 18.6. The molecule has 2 amide bonds. The van der Waals surface area contributed by atoms with Gasteiger partial charge in [0.05, 0.1) is 17.2 Å². The van der Waals surface area contributed by atoms with Crippen molar-refractivity contribution in [3.63, 3.8) is 0 Å². The van der Waals surface area contributed by atoms with E-state index in [4.69, 9.17) is 15.5 Å². The average Bonchev–Trinajstić information content (AvgIpc) is 3.04. The highest BCUT2D eigenvalue weighted by Gasteiger charge is 2.51. The fourth-order valence-electron chi connectivity index (χ4n) is 5.64. The first-order chi connectivity index (χ1) is 14.8. The van der Waals surface area contributed by atoms with E-state index < -0.39 is 6.09 Å². The molecule has 31 heavy (non-hydrogen) atoms. The number of aliphatic hydroxyl groups excluding tert-OH is 1. The normalized spacial score (nSPS) is 28.9. The number of carbonyl (C=O) groups excluding carboxylic acids is 2. The average molecular weight is 431 g/mol. The van der Waals surface area contributed by atoms with Gasteiger partial charge in [-0.3, -0.25) is 4.79 Å². The van der Waals surface area contributed by atoms with Gasteiger partial charge in [0.25, 0.3) is 0 Å². The highest BCUT2D eigenvalue weighted by atomic mass is 16.5. The first-order valence-electron chi connectivity index (χ1n) is 11.5. The van der Waals surface area contributed by atoms with Gasteiger partial charge in [-0.2, -0.15) is 0 Å². The fourth-order valence-corrected chi connectivity index (χ4v) is 5.64. The molecular weight excluding hydrogens is 396 g/mol. The molecule has 2 saturated heterocycles. The summed E-state index contributed by atoms with van der Waals surface area (Å²) >= 11 is 0. The number of ether oxygens (including phenoxy) is 1. The molecule has 1 aromatic heterocycles. The van der Waals surface area contributed by atoms with Crippen LogP contribution in [0.15, 0.2) is 6.07 Å². The van der Waals surface area contributed by atoms with Gasteiger partial charge in [-0.1, -0.05) is 6.92 Å². The molecule has 3 heterocycles. The zero-order valence-electron chi connectivity index (χ0n) is 18.6. The second-order valence-electron chi connectivity index (χ2n) is 9.36. The van der Waals surface area contributed by atoms with Crippen molar-refractivity contribution in [2.45, 2.75) is 77.4 Å². The number of carbonyl (C=O) groups is 2. The van der Waals surface area contributed by atoms with Crippen LogP contribution in [0, 0.1) is 12.3 Å². The lowest BCUT2D eigenvalue weighted by molar-refractivity contribution is -0.139. The number of aliphatic hydroxyl groups is 1. The van der Waals surface area contributed by atoms with Crippen LogP contribution in [0.4, 0.5) is 10.6 Å². The minimum absolute atomic E-state index is 0.212. The maximum atomic E-state index is 13.6. The number of piperidine rings is 1. The Labute approximate surface area is 183 Å². The van der Waals surface area contributed by atoms with Crippen molar-refractivity contribution < 1.29 is 19.4 Å². The maximum absolute atomic E-state index is 13.6. The molecule has 3 aliphatic rings. The number of aromatic nitrogens is 1. The first kappa shape index (κ1) is 21.9. The van der Waals surface area contributed by atoms with Gasteiger partial charge in [0.15, 0.2) is 5.75 Å². The molecule has 0 bridgehead atoms. The predicted molar refractivity (Wildman–Crippen MR) is 117 cm³/mol. The van der Waals surface area contributed by atoms with Crippen molar-refractivity contribution in [2.75, 3.05) is 24.5 Å². The van der Waals surface area contributed by atoms with Crippen LogP contribution in [0.1, 0.15) is 63.1 Å². The van der Waals surface area contributed by atoms with Gasteiger partial charge in [0.1, 0.15) is 5.82 Å². The highest BCUT2D eigenvalue weighted by Crippen LogP contribution is 2.44. The number of aryl methyl sites for hydroxylation is 2. The quantitative estimate of drug-likeness (QED) is 0.760. The van der Waals surface area contributed by atoms with Crippen LogP contribution in [0.5, 0.6) is 5.75 Å². The lowest BCUT2D eigenvalue weighted by atomic mass is 9.78. The van der Waals surface area contributed by atoms with E-state index in [1.807, 2.05) is 19.9 Å². The highest BCUT2D eigenvalue weighted by molar-refractivity contribution is 5.86. The molecule has 1 aliphatic carbocycles. The molecule has 1 atom stereocenters. The lowest BCUT2D eigenvalue weighted by Gasteiger charge is -2.41. The van der Waals surface area contributed by atoms with Crippen LogP contribution < -0.4 is 15.4 Å². The predicted octanol–water partition coefficient (Wildman–Crippen LogP) is 2.53. The summed E-state index contributed by atoms with van der Waals surface area (Å²) in [6, 6.07) is 2.09. The molecular formula is C23H34N4O4. The number of hydrogen-bond donors (Lipinski definition) is 2. The molecule has 3 fully saturated rings. The summed E-state index contributed by atoms with van der Waals surface area (Å²) in [6.07, 6.45) is 5.68. The first-order valence-corrected chi connectivity index (χ1v) is 11.5. The molecule has 1 aromatic rings. The van der Waals surface area contributed by atoms with E-state index in [-0.39, 0.29) is 23.5 Å². The van der Waals surface area contributed by atoms with Crippen molar-refractivity contribution >= 4 is 17.8 Å². The van der Waals surface area contributed by atoms with Gasteiger partial charge in [-0.25, -0.2) is 9.78 Å². The Kier molecular flexibility index (Phi) is 6.10. The third-order valence-electron chi connectivity index (χ3n) is 7.30. The van der Waals surface area contributed by atoms with Gasteiger partial charge in [0.2, 0.25) is 5.91 Å². The molecule has 0 unspecified atom stereocenters. The molecule has 4 rings (SSSR count). The molecule has 3 N–H and O–H groups in total. The van der Waals surface area contributed by atoms with E-state index in [1.54, 1.807) is 0 Å². The van der Waals surface area contributed by atoms with Gasteiger partial charge in [-0.15, -0.1) is 0 Å². The van der Waals surface area contributed by atoms with Crippen LogP contribution >= 0.6 is 0 Å². The topological polar surface area (TPSA) is 109 Å². The van der Waals surface area contributed by atoms with Crippen LogP contribution in [0.2, 0.25) is 0 Å². The number of rotatable bonds is 4. The van der Waals surface area contributed by atoms with E-state index in [9.17, 15) is 14.7 Å². The van der Waals surface area contributed by atoms with Crippen molar-refractivity contribution in [3.8, 4) is 5.75 Å². The smallest absolute Gasteiger partial charge is 0.409 e. The fraction of sp³-hybridized carbons (Fsp3) is 0.696. The Bertz CT molecular complexity index is 852. The Morgan fingerprint density at radius 2 is 2.03 bits per heavy atom. The molecule has 0 aromatic carbocycles. The summed E-state index contributed by atoms with van der Waals surface area (Å²) in [4.78, 5) is 33.9. The number of pyridine rings is 1. The summed E-state index contributed by atoms with van der Waals surface area (Å²) < 4.78 is 5.14. The number of primary amides is 1. The van der Waals surface area contributed by atoms with Crippen molar-refractivity contribution in [1.29, 1.82) is 0 Å². The molecule has 8 heteroatoms. The Morgan fingerprint density at radius 3 is 2.71 bits per heavy atom. The van der Waals surface area contributed by atoms with Crippen LogP contribution in [-0.2, 0) is 11.2 Å². The number of nitrogens with two attached hydrogens (primary N) is 1. The lowest BCUT2D eigenvalue weighted by Crippen LogP contribution is -2.50. The molecule has 8 nitrogen and oxygen atoms in total. The Hall–Kier alpha value is -2.35. The van der Waals surface area contributed by atoms with Gasteiger partial charge >= 0.3 is 6.09 Å². The number of nitrogens with zero attached hydrogens (tertiary/aromatic N) is 3. The van der Waals surface area contributed by atoms with E-state index >= 15 is 0 Å². The minimum atomic E-state index is -0.840. The van der Waals surface area contributed by atoms with Gasteiger partial charge in [0, 0.05) is 25.7 Å². The minimum Gasteiger partial charge on any atom is -0.409 e. The van der Waals surface area contributed by atoms with Crippen molar-refractivity contribution in [3.05, 3.63) is 17.3 Å². The molecule has 170 valence electrons. The van der Waals surface area contributed by atoms with Gasteiger partial charge < -0.3 is 25.4 Å². The Balaban J connectivity index is 1.53. The molecule has 1 saturated carbocycles. The van der Waals surface area contributed by atoms with Crippen LogP contribution in [-0.4, -0.2) is 58.8 Å². The largest absolute Gasteiger partial charge is 0.410 e. The summed E-state index contributed by atoms with van der Waals surface area (Å²) in [5, 5.41) is 9.82. The van der Waals surface area contributed by atoms with Crippen molar-refractivity contribution in [2.24, 2.45) is 11.1 Å². The second kappa shape index (κ2) is 8.65. The molecule has 1 spiro atoms. The standard InChI is InChI=1S/C23H34N4O4/c1-3-18-19(31-22(24)30)13-15(2)20(25-18)26-11-4-9-23(14-26)10-12-27(21(23)29)16-5-7-17(28)8-6-16/h13,16-17,28H,3-12,14H2,1-2H3,(H2,24,30)/t16?,17?,23-/m1/s1. The van der Waals surface area contributed by atoms with Crippen LogP contribution in [0.25, 0.3) is 0 Å². The summed E-state index contributed by atoms with van der Waals surface area (Å²) in [5.41, 5.74) is 6.45. The summed E-state index contributed by atoms with van der Waals surface area (Å²) in [6.45, 7) is 6.26. The SMILES string of the molecule is CCc1nc(N2CCC[C@@]3(CCN(C4CCC(O)CC4)C3=O)C2)c(C)cc1OC(N)=O. The summed E-state index contributed by atoms with van der Waals surface area (Å²) in [5.74, 6) is 1.55. The van der Waals surface area contributed by atoms with E-state index in [0.29, 0.717) is 24.4 Å². The van der Waals surface area contributed by atoms with E-state index in [2.05, 4.69) is 9.80 Å². The number of likely N-dealkylation sites (tertiary alicyclic amines) is 1. The number of hydrogen-bond acceptors (Lipinski definition) is 6. The Morgan fingerprint density at radius 1 is 1.29 bits per heavy atom. The number of amides is 2. The van der Waals surface area contributed by atoms with Crippen molar-refractivity contribution in [1.82, 2.24) is 9.88 Å². The third kappa shape index (κ3) is 4.22. The monoisotopic (exact) mass is 430 g/mol. The second-order valence-corrected chi connectivity index (χ2v) is 9.36. The molecule has 0 radical (unpaired) electrons. The third-order valence-corrected chi connectivity index (χ3v) is 7.30. The molecule has 2 aliphatic heterocycles.